The zero-order chi connectivity index (χ0) is 14.3. The minimum atomic E-state index is -0.0917. The van der Waals surface area contributed by atoms with Gasteiger partial charge in [-0.1, -0.05) is 39.0 Å². The largest absolute Gasteiger partial charge is 0.488 e. The first kappa shape index (κ1) is 13.4. The van der Waals surface area contributed by atoms with Gasteiger partial charge in [-0.25, -0.2) is 0 Å². The molecule has 20 heavy (non-hydrogen) atoms. The van der Waals surface area contributed by atoms with Crippen LogP contribution in [-0.4, -0.2) is 20.9 Å². The molecule has 2 heterocycles. The maximum absolute atomic E-state index is 6.17. The number of para-hydroxylation sites is 1. The summed E-state index contributed by atoms with van der Waals surface area (Å²) < 4.78 is 7.92. The second-order valence-corrected chi connectivity index (χ2v) is 6.54. The van der Waals surface area contributed by atoms with Gasteiger partial charge in [0.1, 0.15) is 17.7 Å². The Bertz CT molecular complexity index is 605. The highest BCUT2D eigenvalue weighted by Gasteiger charge is 2.28. The van der Waals surface area contributed by atoms with E-state index in [1.807, 2.05) is 22.8 Å². The monoisotopic (exact) mass is 291 g/mol. The molecule has 5 heteroatoms. The second-order valence-electron chi connectivity index (χ2n) is 6.20. The van der Waals surface area contributed by atoms with Crippen molar-refractivity contribution in [3.05, 3.63) is 40.9 Å². The summed E-state index contributed by atoms with van der Waals surface area (Å²) in [6, 6.07) is 8.14. The van der Waals surface area contributed by atoms with Crippen LogP contribution in [-0.2, 0) is 18.4 Å². The zero-order valence-corrected chi connectivity index (χ0v) is 12.7. The van der Waals surface area contributed by atoms with Crippen molar-refractivity contribution in [2.24, 2.45) is 0 Å². The Hall–Kier alpha value is -1.55. The minimum absolute atomic E-state index is 0.0852. The molecular weight excluding hydrogens is 274 g/mol. The number of hydrogen-bond donors (Lipinski definition) is 0. The Balaban J connectivity index is 1.82. The van der Waals surface area contributed by atoms with Gasteiger partial charge in [0.15, 0.2) is 0 Å². The smallest absolute Gasteiger partial charge is 0.225 e. The van der Waals surface area contributed by atoms with E-state index in [1.165, 1.54) is 5.56 Å². The van der Waals surface area contributed by atoms with E-state index < -0.39 is 0 Å². The summed E-state index contributed by atoms with van der Waals surface area (Å²) in [7, 11) is 0. The number of halogens is 1. The Labute approximate surface area is 123 Å². The number of nitrogens with zero attached hydrogens (tertiary/aromatic N) is 3. The summed E-state index contributed by atoms with van der Waals surface area (Å²) in [5.41, 5.74) is 1.16. The normalized spacial score (nSPS) is 17.9. The lowest BCUT2D eigenvalue weighted by Gasteiger charge is -2.21. The molecule has 0 N–H and O–H groups in total. The molecule has 0 amide bonds. The van der Waals surface area contributed by atoms with Crippen molar-refractivity contribution in [1.29, 1.82) is 0 Å². The first-order valence-corrected chi connectivity index (χ1v) is 7.16. The van der Waals surface area contributed by atoms with Crippen molar-refractivity contribution >= 4 is 11.6 Å². The number of aromatic nitrogens is 3. The van der Waals surface area contributed by atoms with Gasteiger partial charge in [0, 0.05) is 11.8 Å². The van der Waals surface area contributed by atoms with Crippen molar-refractivity contribution in [3.63, 3.8) is 0 Å². The third kappa shape index (κ3) is 2.40. The molecule has 106 valence electrons. The fourth-order valence-electron chi connectivity index (χ4n) is 2.56. The molecular formula is C15H18ClN3O. The van der Waals surface area contributed by atoms with Crippen LogP contribution in [0.5, 0.6) is 5.75 Å². The van der Waals surface area contributed by atoms with Gasteiger partial charge in [0.05, 0.1) is 6.54 Å². The van der Waals surface area contributed by atoms with Crippen LogP contribution >= 0.6 is 11.6 Å². The Morgan fingerprint density at radius 2 is 2.05 bits per heavy atom. The molecule has 2 aromatic rings. The third-order valence-electron chi connectivity index (χ3n) is 3.48. The molecule has 0 saturated carbocycles. The molecule has 0 radical (unpaired) electrons. The maximum Gasteiger partial charge on any atom is 0.225 e. The van der Waals surface area contributed by atoms with E-state index in [9.17, 15) is 0 Å². The molecule has 0 bridgehead atoms. The number of fused-ring (bicyclic) bond motifs is 1. The van der Waals surface area contributed by atoms with Crippen LogP contribution in [0.15, 0.2) is 24.3 Å². The van der Waals surface area contributed by atoms with E-state index in [0.29, 0.717) is 11.8 Å². The van der Waals surface area contributed by atoms with Crippen molar-refractivity contribution in [2.75, 3.05) is 0 Å². The molecule has 3 rings (SSSR count). The van der Waals surface area contributed by atoms with Crippen LogP contribution in [0.25, 0.3) is 0 Å². The lowest BCUT2D eigenvalue weighted by Crippen LogP contribution is -2.26. The number of ether oxygens (including phenoxy) is 1. The zero-order valence-electron chi connectivity index (χ0n) is 11.9. The fraction of sp³-hybridized carbons (Fsp3) is 0.467. The first-order valence-electron chi connectivity index (χ1n) is 6.79. The SMILES string of the molecule is CC(C)(C)c1nnc(Cl)n1CC1Cc2ccccc2O1. The Morgan fingerprint density at radius 1 is 1.30 bits per heavy atom. The van der Waals surface area contributed by atoms with Gasteiger partial charge in [-0.05, 0) is 23.2 Å². The molecule has 1 aromatic heterocycles. The molecule has 1 unspecified atom stereocenters. The van der Waals surface area contributed by atoms with E-state index in [1.54, 1.807) is 0 Å². The highest BCUT2D eigenvalue weighted by molar-refractivity contribution is 6.28. The van der Waals surface area contributed by atoms with Gasteiger partial charge in [0.2, 0.25) is 5.28 Å². The highest BCUT2D eigenvalue weighted by atomic mass is 35.5. The molecule has 0 spiro atoms. The van der Waals surface area contributed by atoms with E-state index >= 15 is 0 Å². The van der Waals surface area contributed by atoms with Crippen LogP contribution in [0.4, 0.5) is 0 Å². The van der Waals surface area contributed by atoms with Crippen LogP contribution in [0.2, 0.25) is 5.28 Å². The van der Waals surface area contributed by atoms with E-state index in [4.69, 9.17) is 16.3 Å². The predicted octanol–water partition coefficient (Wildman–Crippen LogP) is 3.23. The molecule has 1 aliphatic rings. The van der Waals surface area contributed by atoms with Crippen molar-refractivity contribution in [2.45, 2.75) is 45.3 Å². The molecule has 1 aromatic carbocycles. The quantitative estimate of drug-likeness (QED) is 0.853. The van der Waals surface area contributed by atoms with Crippen LogP contribution in [0.1, 0.15) is 32.2 Å². The van der Waals surface area contributed by atoms with E-state index in [-0.39, 0.29) is 11.5 Å². The molecule has 1 aliphatic heterocycles. The van der Waals surface area contributed by atoms with Gasteiger partial charge >= 0.3 is 0 Å². The third-order valence-corrected chi connectivity index (χ3v) is 3.76. The Morgan fingerprint density at radius 3 is 2.75 bits per heavy atom. The van der Waals surface area contributed by atoms with Crippen LogP contribution < -0.4 is 4.74 Å². The average Bonchev–Trinajstić information content (AvgIpc) is 2.93. The molecule has 0 saturated heterocycles. The first-order chi connectivity index (χ1) is 9.45. The molecule has 1 atom stereocenters. The van der Waals surface area contributed by atoms with Gasteiger partial charge in [-0.3, -0.25) is 4.57 Å². The number of benzene rings is 1. The summed E-state index contributed by atoms with van der Waals surface area (Å²) >= 11 is 6.17. The number of hydrogen-bond acceptors (Lipinski definition) is 3. The molecule has 0 fully saturated rings. The number of rotatable bonds is 2. The van der Waals surface area contributed by atoms with Crippen molar-refractivity contribution in [1.82, 2.24) is 14.8 Å². The lowest BCUT2D eigenvalue weighted by molar-refractivity contribution is 0.205. The summed E-state index contributed by atoms with van der Waals surface area (Å²) in [6.45, 7) is 6.99. The standard InChI is InChI=1S/C15H18ClN3O/c1-15(2,3)13-17-18-14(16)19(13)9-11-8-10-6-4-5-7-12(10)20-11/h4-7,11H,8-9H2,1-3H3. The summed E-state index contributed by atoms with van der Waals surface area (Å²) in [5.74, 6) is 1.86. The minimum Gasteiger partial charge on any atom is -0.488 e. The summed E-state index contributed by atoms with van der Waals surface area (Å²) in [4.78, 5) is 0. The summed E-state index contributed by atoms with van der Waals surface area (Å²) in [5, 5.41) is 8.63. The second kappa shape index (κ2) is 4.77. The molecule has 0 aliphatic carbocycles. The maximum atomic E-state index is 6.17. The Kier molecular flexibility index (Phi) is 3.21. The van der Waals surface area contributed by atoms with Gasteiger partial charge in [0.25, 0.3) is 0 Å². The fourth-order valence-corrected chi connectivity index (χ4v) is 2.75. The average molecular weight is 292 g/mol. The predicted molar refractivity (Wildman–Crippen MR) is 78.3 cm³/mol. The van der Waals surface area contributed by atoms with E-state index in [0.717, 1.165) is 18.0 Å². The van der Waals surface area contributed by atoms with Gasteiger partial charge in [-0.2, -0.15) is 0 Å². The topological polar surface area (TPSA) is 39.9 Å². The highest BCUT2D eigenvalue weighted by Crippen LogP contribution is 2.30. The lowest BCUT2D eigenvalue weighted by atomic mass is 9.95. The van der Waals surface area contributed by atoms with E-state index in [2.05, 4.69) is 37.0 Å². The van der Waals surface area contributed by atoms with Crippen LogP contribution in [0.3, 0.4) is 0 Å². The summed E-state index contributed by atoms with van der Waals surface area (Å²) in [6.07, 6.45) is 0.982. The van der Waals surface area contributed by atoms with Crippen molar-refractivity contribution < 1.29 is 4.74 Å². The molecule has 4 nitrogen and oxygen atoms in total. The van der Waals surface area contributed by atoms with Crippen molar-refractivity contribution in [3.8, 4) is 5.75 Å². The van der Waals surface area contributed by atoms with Gasteiger partial charge in [-0.15, -0.1) is 10.2 Å². The van der Waals surface area contributed by atoms with Gasteiger partial charge < -0.3 is 4.74 Å². The van der Waals surface area contributed by atoms with Crippen LogP contribution in [0, 0.1) is 0 Å².